The van der Waals surface area contributed by atoms with Crippen LogP contribution in [0.5, 0.6) is 0 Å². The van der Waals surface area contributed by atoms with E-state index in [0.717, 1.165) is 17.3 Å². The summed E-state index contributed by atoms with van der Waals surface area (Å²) in [7, 11) is 0. The Morgan fingerprint density at radius 1 is 1.53 bits per heavy atom. The van der Waals surface area contributed by atoms with Crippen LogP contribution in [-0.2, 0) is 5.75 Å². The van der Waals surface area contributed by atoms with E-state index in [-0.39, 0.29) is 6.61 Å². The zero-order valence-corrected chi connectivity index (χ0v) is 10.0. The van der Waals surface area contributed by atoms with Crippen LogP contribution in [0.2, 0.25) is 0 Å². The molecule has 0 saturated heterocycles. The molecule has 0 atom stereocenters. The summed E-state index contributed by atoms with van der Waals surface area (Å²) in [5.74, 6) is 2.64. The molecule has 3 nitrogen and oxygen atoms in total. The van der Waals surface area contributed by atoms with Gasteiger partial charge in [0.2, 0.25) is 0 Å². The van der Waals surface area contributed by atoms with Crippen molar-refractivity contribution in [2.75, 3.05) is 17.7 Å². The summed E-state index contributed by atoms with van der Waals surface area (Å²) in [4.78, 5) is 4.24. The summed E-state index contributed by atoms with van der Waals surface area (Å²) >= 11 is 1.73. The van der Waals surface area contributed by atoms with E-state index in [0.29, 0.717) is 6.04 Å². The summed E-state index contributed by atoms with van der Waals surface area (Å²) in [6.45, 7) is 4.43. The molecular formula is C11H18N2OS. The normalized spacial score (nSPS) is 10.7. The second-order valence-electron chi connectivity index (χ2n) is 3.62. The number of nitrogens with zero attached hydrogens (tertiary/aromatic N) is 1. The number of thioether (sulfide) groups is 1. The first-order valence-corrected chi connectivity index (χ1v) is 6.28. The molecule has 0 spiro atoms. The zero-order valence-electron chi connectivity index (χ0n) is 9.23. The average Bonchev–Trinajstić information content (AvgIpc) is 2.18. The Balaban J connectivity index is 2.50. The van der Waals surface area contributed by atoms with Crippen LogP contribution in [0.15, 0.2) is 18.3 Å². The number of rotatable bonds is 6. The van der Waals surface area contributed by atoms with Gasteiger partial charge in [0.1, 0.15) is 5.82 Å². The molecule has 15 heavy (non-hydrogen) atoms. The van der Waals surface area contributed by atoms with Crippen molar-refractivity contribution in [1.29, 1.82) is 0 Å². The molecule has 0 aliphatic carbocycles. The first kappa shape index (κ1) is 12.3. The van der Waals surface area contributed by atoms with Crippen molar-refractivity contribution < 1.29 is 5.11 Å². The summed E-state index contributed by atoms with van der Waals surface area (Å²) in [5, 5.41) is 11.9. The van der Waals surface area contributed by atoms with Crippen LogP contribution in [0.1, 0.15) is 19.4 Å². The molecule has 0 radical (unpaired) electrons. The monoisotopic (exact) mass is 226 g/mol. The maximum atomic E-state index is 8.67. The Kier molecular flexibility index (Phi) is 5.50. The van der Waals surface area contributed by atoms with Crippen molar-refractivity contribution in [3.8, 4) is 0 Å². The number of hydrogen-bond donors (Lipinski definition) is 2. The van der Waals surface area contributed by atoms with Gasteiger partial charge in [0.15, 0.2) is 0 Å². The van der Waals surface area contributed by atoms with Crippen molar-refractivity contribution in [3.05, 3.63) is 23.9 Å². The highest BCUT2D eigenvalue weighted by atomic mass is 32.2. The number of nitrogens with one attached hydrogen (secondary N) is 1. The zero-order chi connectivity index (χ0) is 11.1. The lowest BCUT2D eigenvalue weighted by molar-refractivity contribution is 0.322. The van der Waals surface area contributed by atoms with Gasteiger partial charge in [-0.3, -0.25) is 0 Å². The highest BCUT2D eigenvalue weighted by molar-refractivity contribution is 7.98. The lowest BCUT2D eigenvalue weighted by Gasteiger charge is -2.09. The maximum Gasteiger partial charge on any atom is 0.126 e. The fourth-order valence-electron chi connectivity index (χ4n) is 1.19. The number of aliphatic hydroxyl groups excluding tert-OH is 1. The lowest BCUT2D eigenvalue weighted by atomic mass is 10.3. The van der Waals surface area contributed by atoms with Crippen LogP contribution in [-0.4, -0.2) is 28.5 Å². The molecule has 0 unspecified atom stereocenters. The maximum absolute atomic E-state index is 8.67. The standard InChI is InChI=1S/C11H18N2OS/c1-9(2)13-11-7-10(3-4-12-11)8-15-6-5-14/h3-4,7,9,14H,5-6,8H2,1-2H3,(H,12,13). The van der Waals surface area contributed by atoms with Crippen LogP contribution in [0.4, 0.5) is 5.82 Å². The molecule has 1 aromatic rings. The van der Waals surface area contributed by atoms with Crippen molar-refractivity contribution in [3.63, 3.8) is 0 Å². The summed E-state index contributed by atoms with van der Waals surface area (Å²) < 4.78 is 0. The number of aromatic nitrogens is 1. The van der Waals surface area contributed by atoms with Crippen molar-refractivity contribution >= 4 is 17.6 Å². The minimum absolute atomic E-state index is 0.243. The molecule has 84 valence electrons. The Morgan fingerprint density at radius 3 is 3.00 bits per heavy atom. The molecule has 0 saturated carbocycles. The van der Waals surface area contributed by atoms with Gasteiger partial charge < -0.3 is 10.4 Å². The molecule has 1 rings (SSSR count). The third-order valence-electron chi connectivity index (χ3n) is 1.77. The first-order chi connectivity index (χ1) is 7.22. The molecule has 0 bridgehead atoms. The van der Waals surface area contributed by atoms with Gasteiger partial charge in [0.25, 0.3) is 0 Å². The number of aliphatic hydroxyl groups is 1. The largest absolute Gasteiger partial charge is 0.396 e. The lowest BCUT2D eigenvalue weighted by Crippen LogP contribution is -2.10. The van der Waals surface area contributed by atoms with Gasteiger partial charge in [-0.15, -0.1) is 0 Å². The molecule has 0 aliphatic rings. The van der Waals surface area contributed by atoms with Gasteiger partial charge in [0.05, 0.1) is 6.61 Å². The van der Waals surface area contributed by atoms with E-state index in [9.17, 15) is 0 Å². The van der Waals surface area contributed by atoms with Gasteiger partial charge in [-0.1, -0.05) is 0 Å². The van der Waals surface area contributed by atoms with E-state index in [2.05, 4.69) is 30.2 Å². The van der Waals surface area contributed by atoms with E-state index in [4.69, 9.17) is 5.11 Å². The fraction of sp³-hybridized carbons (Fsp3) is 0.545. The van der Waals surface area contributed by atoms with Crippen molar-refractivity contribution in [1.82, 2.24) is 4.98 Å². The quantitative estimate of drug-likeness (QED) is 0.729. The SMILES string of the molecule is CC(C)Nc1cc(CSCCO)ccn1. The first-order valence-electron chi connectivity index (χ1n) is 5.12. The summed E-state index contributed by atoms with van der Waals surface area (Å²) in [6.07, 6.45) is 1.82. The highest BCUT2D eigenvalue weighted by Crippen LogP contribution is 2.14. The average molecular weight is 226 g/mol. The predicted molar refractivity (Wildman–Crippen MR) is 66.2 cm³/mol. The van der Waals surface area contributed by atoms with E-state index < -0.39 is 0 Å². The van der Waals surface area contributed by atoms with Crippen LogP contribution in [0, 0.1) is 0 Å². The van der Waals surface area contributed by atoms with Gasteiger partial charge in [-0.2, -0.15) is 11.8 Å². The Bertz CT molecular complexity index is 292. The highest BCUT2D eigenvalue weighted by Gasteiger charge is 1.99. The second-order valence-corrected chi connectivity index (χ2v) is 4.73. The molecule has 0 aliphatic heterocycles. The van der Waals surface area contributed by atoms with E-state index >= 15 is 0 Å². The van der Waals surface area contributed by atoms with Gasteiger partial charge in [-0.05, 0) is 31.5 Å². The third-order valence-corrected chi connectivity index (χ3v) is 2.77. The third kappa shape index (κ3) is 5.04. The fourth-order valence-corrected chi connectivity index (χ4v) is 1.88. The van der Waals surface area contributed by atoms with Gasteiger partial charge >= 0.3 is 0 Å². The van der Waals surface area contributed by atoms with E-state index in [1.54, 1.807) is 11.8 Å². The molecule has 0 amide bonds. The second kappa shape index (κ2) is 6.69. The predicted octanol–water partition coefficient (Wildman–Crippen LogP) is 2.13. The number of hydrogen-bond acceptors (Lipinski definition) is 4. The number of pyridine rings is 1. The Labute approximate surface area is 95.3 Å². The Morgan fingerprint density at radius 2 is 2.33 bits per heavy atom. The summed E-state index contributed by atoms with van der Waals surface area (Å²) in [6, 6.07) is 4.47. The molecule has 1 aromatic heterocycles. The molecule has 4 heteroatoms. The van der Waals surface area contributed by atoms with Crippen LogP contribution < -0.4 is 5.32 Å². The topological polar surface area (TPSA) is 45.1 Å². The molecule has 0 fully saturated rings. The van der Waals surface area contributed by atoms with Crippen molar-refractivity contribution in [2.24, 2.45) is 0 Å². The van der Waals surface area contributed by atoms with E-state index in [1.165, 1.54) is 5.56 Å². The minimum Gasteiger partial charge on any atom is -0.396 e. The van der Waals surface area contributed by atoms with Crippen LogP contribution in [0.3, 0.4) is 0 Å². The van der Waals surface area contributed by atoms with Gasteiger partial charge in [-0.25, -0.2) is 4.98 Å². The molecule has 2 N–H and O–H groups in total. The van der Waals surface area contributed by atoms with E-state index in [1.807, 2.05) is 12.3 Å². The Hall–Kier alpha value is -0.740. The molecule has 0 aromatic carbocycles. The van der Waals surface area contributed by atoms with Crippen LogP contribution in [0.25, 0.3) is 0 Å². The van der Waals surface area contributed by atoms with Crippen LogP contribution >= 0.6 is 11.8 Å². The smallest absolute Gasteiger partial charge is 0.126 e. The van der Waals surface area contributed by atoms with Gasteiger partial charge in [0, 0.05) is 23.7 Å². The number of anilines is 1. The minimum atomic E-state index is 0.243. The molecule has 1 heterocycles. The summed E-state index contributed by atoms with van der Waals surface area (Å²) in [5.41, 5.74) is 1.24. The van der Waals surface area contributed by atoms with Crippen molar-refractivity contribution in [2.45, 2.75) is 25.6 Å². The molecular weight excluding hydrogens is 208 g/mol.